The summed E-state index contributed by atoms with van der Waals surface area (Å²) in [7, 11) is 1.78. The van der Waals surface area contributed by atoms with Gasteiger partial charge in [0, 0.05) is 38.0 Å². The number of thiocarbonyl (C=S) groups is 1. The number of thioether (sulfide) groups is 1. The summed E-state index contributed by atoms with van der Waals surface area (Å²) in [5.41, 5.74) is 0.827. The van der Waals surface area contributed by atoms with Gasteiger partial charge in [-0.2, -0.15) is 5.26 Å². The van der Waals surface area contributed by atoms with Crippen molar-refractivity contribution in [2.45, 2.75) is 37.4 Å². The number of aromatic nitrogens is 1. The number of hydrogen-bond acceptors (Lipinski definition) is 8. The lowest BCUT2D eigenvalue weighted by Crippen LogP contribution is -2.33. The summed E-state index contributed by atoms with van der Waals surface area (Å²) in [6.45, 7) is 1.67. The van der Waals surface area contributed by atoms with Crippen molar-refractivity contribution in [1.82, 2.24) is 10.0 Å². The van der Waals surface area contributed by atoms with E-state index in [0.29, 0.717) is 9.38 Å². The molecule has 0 radical (unpaired) electrons. The fourth-order valence-electron chi connectivity index (χ4n) is 2.21. The predicted molar refractivity (Wildman–Crippen MR) is 103 cm³/mol. The van der Waals surface area contributed by atoms with Gasteiger partial charge in [0.05, 0.1) is 12.5 Å². The Balaban J connectivity index is 1.91. The molecule has 1 aromatic rings. The second-order valence-corrected chi connectivity index (χ2v) is 8.16. The Hall–Kier alpha value is -2.51. The number of carbonyl (C=O) groups excluding carboxylic acids is 3. The van der Waals surface area contributed by atoms with Crippen molar-refractivity contribution in [3.8, 4) is 6.07 Å². The first-order valence-corrected chi connectivity index (χ1v) is 9.33. The lowest BCUT2D eigenvalue weighted by Gasteiger charge is -2.26. The summed E-state index contributed by atoms with van der Waals surface area (Å²) < 4.78 is -0.514. The molecule has 0 spiro atoms. The molecule has 142 valence electrons. The van der Waals surface area contributed by atoms with Crippen molar-refractivity contribution < 1.29 is 19.2 Å². The molecule has 1 aromatic heterocycles. The summed E-state index contributed by atoms with van der Waals surface area (Å²) in [5, 5.41) is 10.0. The molecule has 0 aliphatic carbocycles. The van der Waals surface area contributed by atoms with Crippen LogP contribution in [0.15, 0.2) is 24.5 Å². The Morgan fingerprint density at radius 2 is 2.00 bits per heavy atom. The van der Waals surface area contributed by atoms with Gasteiger partial charge in [-0.25, -0.2) is 4.79 Å². The maximum absolute atomic E-state index is 12.0. The van der Waals surface area contributed by atoms with Gasteiger partial charge in [0.15, 0.2) is 0 Å². The van der Waals surface area contributed by atoms with Crippen LogP contribution >= 0.6 is 24.0 Å². The molecule has 27 heavy (non-hydrogen) atoms. The van der Waals surface area contributed by atoms with E-state index < -0.39 is 22.5 Å². The van der Waals surface area contributed by atoms with E-state index in [2.05, 4.69) is 11.1 Å². The van der Waals surface area contributed by atoms with E-state index in [0.717, 1.165) is 17.4 Å². The van der Waals surface area contributed by atoms with Gasteiger partial charge >= 0.3 is 5.97 Å². The second-order valence-electron chi connectivity index (χ2n) is 6.02. The molecular weight excluding hydrogens is 388 g/mol. The average molecular weight is 406 g/mol. The minimum absolute atomic E-state index is 0.0352. The van der Waals surface area contributed by atoms with Crippen LogP contribution in [-0.4, -0.2) is 43.9 Å². The van der Waals surface area contributed by atoms with Crippen LogP contribution in [0.1, 0.15) is 32.6 Å². The van der Waals surface area contributed by atoms with E-state index in [1.165, 1.54) is 0 Å². The average Bonchev–Trinajstić information content (AvgIpc) is 2.98. The molecule has 1 fully saturated rings. The molecule has 1 aliphatic heterocycles. The monoisotopic (exact) mass is 406 g/mol. The lowest BCUT2D eigenvalue weighted by molar-refractivity contribution is -0.197. The van der Waals surface area contributed by atoms with Crippen molar-refractivity contribution >= 4 is 51.8 Å². The summed E-state index contributed by atoms with van der Waals surface area (Å²) in [5.74, 6) is -1.81. The molecular formula is C17H18N4O4S2. The number of amides is 2. The molecule has 0 unspecified atom stereocenters. The van der Waals surface area contributed by atoms with Crippen LogP contribution in [0.3, 0.4) is 0 Å². The molecule has 1 atom stereocenters. The molecule has 0 aromatic carbocycles. The third-order valence-corrected chi connectivity index (χ3v) is 5.60. The molecule has 1 aliphatic rings. The summed E-state index contributed by atoms with van der Waals surface area (Å²) >= 11 is 6.56. The van der Waals surface area contributed by atoms with Crippen molar-refractivity contribution in [1.29, 1.82) is 5.26 Å². The van der Waals surface area contributed by atoms with Crippen molar-refractivity contribution in [2.75, 3.05) is 11.9 Å². The molecule has 0 bridgehead atoms. The molecule has 8 nitrogen and oxygen atoms in total. The number of carbonyl (C=O) groups is 3. The van der Waals surface area contributed by atoms with Gasteiger partial charge in [-0.05, 0) is 25.5 Å². The van der Waals surface area contributed by atoms with Gasteiger partial charge in [0.1, 0.15) is 9.07 Å². The fourth-order valence-corrected chi connectivity index (χ4v) is 3.74. The largest absolute Gasteiger partial charge is 0.333 e. The Labute approximate surface area is 166 Å². The zero-order chi connectivity index (χ0) is 20.0. The lowest BCUT2D eigenvalue weighted by atomic mass is 10.1. The number of anilines is 1. The molecule has 0 N–H and O–H groups in total. The maximum Gasteiger partial charge on any atom is 0.333 e. The first kappa shape index (κ1) is 20.8. The number of nitrogens with zero attached hydrogens (tertiary/aromatic N) is 4. The summed E-state index contributed by atoms with van der Waals surface area (Å²) in [6, 6.07) is 5.74. The highest BCUT2D eigenvalue weighted by Gasteiger charge is 2.34. The number of rotatable bonds is 6. The van der Waals surface area contributed by atoms with Gasteiger partial charge in [-0.15, -0.1) is 5.06 Å². The number of hydroxylamine groups is 2. The van der Waals surface area contributed by atoms with E-state index in [1.807, 2.05) is 0 Å². The molecule has 0 saturated carbocycles. The zero-order valence-corrected chi connectivity index (χ0v) is 16.5. The summed E-state index contributed by atoms with van der Waals surface area (Å²) in [4.78, 5) is 45.4. The minimum Gasteiger partial charge on any atom is -0.330 e. The summed E-state index contributed by atoms with van der Waals surface area (Å²) in [6.07, 6.45) is 3.36. The Morgan fingerprint density at radius 1 is 1.41 bits per heavy atom. The third kappa shape index (κ3) is 5.48. The van der Waals surface area contributed by atoms with Crippen molar-refractivity contribution in [3.63, 3.8) is 0 Å². The maximum atomic E-state index is 12.0. The molecule has 2 rings (SSSR count). The van der Waals surface area contributed by atoms with E-state index in [-0.39, 0.29) is 25.7 Å². The molecule has 2 heterocycles. The van der Waals surface area contributed by atoms with E-state index >= 15 is 0 Å². The highest BCUT2D eigenvalue weighted by molar-refractivity contribution is 8.24. The van der Waals surface area contributed by atoms with Gasteiger partial charge in [-0.1, -0.05) is 24.0 Å². The Kier molecular flexibility index (Phi) is 6.87. The number of pyridine rings is 1. The van der Waals surface area contributed by atoms with Crippen molar-refractivity contribution in [2.24, 2.45) is 0 Å². The number of imide groups is 1. The normalized spacial score (nSPS) is 15.8. The van der Waals surface area contributed by atoms with Crippen LogP contribution < -0.4 is 4.90 Å². The quantitative estimate of drug-likeness (QED) is 0.519. The Morgan fingerprint density at radius 3 is 2.56 bits per heavy atom. The number of nitriles is 1. The van der Waals surface area contributed by atoms with Gasteiger partial charge < -0.3 is 9.74 Å². The minimum atomic E-state index is -0.976. The van der Waals surface area contributed by atoms with Gasteiger partial charge in [0.25, 0.3) is 11.8 Å². The van der Waals surface area contributed by atoms with E-state index in [4.69, 9.17) is 17.1 Å². The van der Waals surface area contributed by atoms with Crippen LogP contribution in [0, 0.1) is 11.3 Å². The zero-order valence-electron chi connectivity index (χ0n) is 14.9. The second kappa shape index (κ2) is 8.92. The van der Waals surface area contributed by atoms with Crippen LogP contribution in [-0.2, 0) is 19.2 Å². The SMILES string of the molecule is CN(C(=S)S[C@@](C)(C#N)CCC(=O)ON1C(=O)CCC1=O)c1ccncc1. The predicted octanol–water partition coefficient (Wildman–Crippen LogP) is 2.21. The highest BCUT2D eigenvalue weighted by Crippen LogP contribution is 2.33. The van der Waals surface area contributed by atoms with Crippen LogP contribution in [0.25, 0.3) is 0 Å². The van der Waals surface area contributed by atoms with Crippen molar-refractivity contribution in [3.05, 3.63) is 24.5 Å². The third-order valence-electron chi connectivity index (χ3n) is 3.88. The first-order valence-electron chi connectivity index (χ1n) is 8.10. The topological polar surface area (TPSA) is 104 Å². The standard InChI is InChI=1S/C17H18N4O4S2/c1-17(11-18,27-16(26)20(2)12-6-9-19-10-7-12)8-5-15(24)25-21-13(22)3-4-14(21)23/h6-7,9-10H,3-5,8H2,1-2H3/t17-/m1/s1. The molecule has 10 heteroatoms. The molecule has 2 amide bonds. The van der Waals surface area contributed by atoms with Crippen LogP contribution in [0.2, 0.25) is 0 Å². The smallest absolute Gasteiger partial charge is 0.330 e. The van der Waals surface area contributed by atoms with E-state index in [9.17, 15) is 19.6 Å². The fraction of sp³-hybridized carbons (Fsp3) is 0.412. The first-order chi connectivity index (χ1) is 12.8. The van der Waals surface area contributed by atoms with E-state index in [1.54, 1.807) is 43.4 Å². The number of hydrogen-bond donors (Lipinski definition) is 0. The highest BCUT2D eigenvalue weighted by atomic mass is 32.2. The van der Waals surface area contributed by atoms with Gasteiger partial charge in [0.2, 0.25) is 0 Å². The van der Waals surface area contributed by atoms with Crippen LogP contribution in [0.4, 0.5) is 5.69 Å². The van der Waals surface area contributed by atoms with Gasteiger partial charge in [-0.3, -0.25) is 14.6 Å². The molecule has 1 saturated heterocycles. The Bertz CT molecular complexity index is 780. The van der Waals surface area contributed by atoms with Crippen LogP contribution in [0.5, 0.6) is 0 Å².